The van der Waals surface area contributed by atoms with Gasteiger partial charge in [0, 0.05) is 29.7 Å². The number of anilines is 1. The number of nitriles is 1. The van der Waals surface area contributed by atoms with Crippen LogP contribution in [0, 0.1) is 11.3 Å². The van der Waals surface area contributed by atoms with Gasteiger partial charge in [-0.1, -0.05) is 12.1 Å². The van der Waals surface area contributed by atoms with Crippen LogP contribution in [0.15, 0.2) is 73.6 Å². The van der Waals surface area contributed by atoms with Gasteiger partial charge >= 0.3 is 0 Å². The summed E-state index contributed by atoms with van der Waals surface area (Å²) in [6, 6.07) is 15.1. The molecule has 0 bridgehead atoms. The van der Waals surface area contributed by atoms with Crippen molar-refractivity contribution in [2.24, 2.45) is 0 Å². The number of nitrogens with zero attached hydrogens (tertiary/aromatic N) is 6. The van der Waals surface area contributed by atoms with E-state index in [1.54, 1.807) is 35.7 Å². The van der Waals surface area contributed by atoms with Crippen LogP contribution in [-0.4, -0.2) is 35.4 Å². The van der Waals surface area contributed by atoms with Crippen molar-refractivity contribution >= 4 is 22.5 Å². The van der Waals surface area contributed by atoms with Crippen LogP contribution < -0.4 is 5.32 Å². The Morgan fingerprint density at radius 3 is 3.00 bits per heavy atom. The van der Waals surface area contributed by atoms with Crippen LogP contribution in [0.4, 0.5) is 5.69 Å². The Hall–Kier alpha value is -4.71. The van der Waals surface area contributed by atoms with Gasteiger partial charge in [-0.15, -0.1) is 0 Å². The maximum absolute atomic E-state index is 12.8. The molecule has 0 aliphatic rings. The molecule has 2 N–H and O–H groups in total. The summed E-state index contributed by atoms with van der Waals surface area (Å²) in [5.74, 6) is -0.326. The average Bonchev–Trinajstić information content (AvgIpc) is 3.54. The van der Waals surface area contributed by atoms with Crippen LogP contribution in [0.1, 0.15) is 21.6 Å². The van der Waals surface area contributed by atoms with Gasteiger partial charge in [-0.2, -0.15) is 15.5 Å². The van der Waals surface area contributed by atoms with E-state index in [1.807, 2.05) is 47.2 Å². The molecule has 0 saturated heterocycles. The first-order valence-corrected chi connectivity index (χ1v) is 9.49. The van der Waals surface area contributed by atoms with Gasteiger partial charge in [0.15, 0.2) is 5.69 Å². The fourth-order valence-corrected chi connectivity index (χ4v) is 3.38. The van der Waals surface area contributed by atoms with E-state index in [0.29, 0.717) is 23.5 Å². The van der Waals surface area contributed by atoms with Crippen LogP contribution in [0.5, 0.6) is 0 Å². The number of rotatable bonds is 5. The van der Waals surface area contributed by atoms with Crippen LogP contribution in [-0.2, 0) is 6.54 Å². The van der Waals surface area contributed by atoms with Crippen LogP contribution in [0.2, 0.25) is 0 Å². The summed E-state index contributed by atoms with van der Waals surface area (Å²) in [4.78, 5) is 16.8. The average molecular weight is 408 g/mol. The number of hydrogen-bond acceptors (Lipinski definition) is 5. The molecular weight excluding hydrogens is 392 g/mol. The van der Waals surface area contributed by atoms with E-state index in [2.05, 4.69) is 31.7 Å². The van der Waals surface area contributed by atoms with Crippen molar-refractivity contribution in [3.05, 3.63) is 90.4 Å². The first-order valence-electron chi connectivity index (χ1n) is 9.49. The minimum Gasteiger partial charge on any atom is -0.318 e. The minimum atomic E-state index is -0.326. The van der Waals surface area contributed by atoms with Crippen molar-refractivity contribution < 1.29 is 4.79 Å². The Labute approximate surface area is 176 Å². The fourth-order valence-electron chi connectivity index (χ4n) is 3.38. The van der Waals surface area contributed by atoms with Gasteiger partial charge in [0.05, 0.1) is 41.9 Å². The lowest BCUT2D eigenvalue weighted by Gasteiger charge is -2.03. The summed E-state index contributed by atoms with van der Waals surface area (Å²) in [7, 11) is 0. The molecule has 5 aromatic rings. The van der Waals surface area contributed by atoms with Crippen molar-refractivity contribution in [3.63, 3.8) is 0 Å². The van der Waals surface area contributed by atoms with E-state index in [-0.39, 0.29) is 5.91 Å². The zero-order chi connectivity index (χ0) is 21.2. The van der Waals surface area contributed by atoms with Gasteiger partial charge in [-0.3, -0.25) is 14.6 Å². The maximum Gasteiger partial charge on any atom is 0.276 e. The van der Waals surface area contributed by atoms with Crippen LogP contribution in [0.25, 0.3) is 16.6 Å². The molecule has 0 aliphatic carbocycles. The third kappa shape index (κ3) is 3.65. The van der Waals surface area contributed by atoms with Crippen molar-refractivity contribution in [2.75, 3.05) is 5.32 Å². The molecule has 0 aliphatic heterocycles. The Morgan fingerprint density at radius 1 is 1.23 bits per heavy atom. The van der Waals surface area contributed by atoms with E-state index >= 15 is 0 Å². The number of carbonyl (C=O) groups is 1. The maximum atomic E-state index is 12.8. The number of aromatic nitrogens is 6. The molecule has 150 valence electrons. The molecule has 2 aromatic carbocycles. The number of imidazole rings is 1. The summed E-state index contributed by atoms with van der Waals surface area (Å²) in [5, 5.41) is 24.0. The molecule has 9 nitrogen and oxygen atoms in total. The van der Waals surface area contributed by atoms with Gasteiger partial charge in [-0.05, 0) is 35.9 Å². The summed E-state index contributed by atoms with van der Waals surface area (Å²) >= 11 is 0. The number of hydrogen-bond donors (Lipinski definition) is 2. The summed E-state index contributed by atoms with van der Waals surface area (Å²) in [5.41, 5.74) is 4.09. The van der Waals surface area contributed by atoms with Crippen molar-refractivity contribution in [1.82, 2.24) is 29.5 Å². The van der Waals surface area contributed by atoms with Crippen LogP contribution >= 0.6 is 0 Å². The highest BCUT2D eigenvalue weighted by Crippen LogP contribution is 2.21. The van der Waals surface area contributed by atoms with Gasteiger partial charge in [0.25, 0.3) is 5.91 Å². The van der Waals surface area contributed by atoms with Crippen molar-refractivity contribution in [3.8, 4) is 11.8 Å². The fraction of sp³-hybridized carbons (Fsp3) is 0.0455. The van der Waals surface area contributed by atoms with E-state index in [4.69, 9.17) is 5.26 Å². The predicted molar refractivity (Wildman–Crippen MR) is 114 cm³/mol. The molecule has 0 unspecified atom stereocenters. The van der Waals surface area contributed by atoms with Crippen molar-refractivity contribution in [1.29, 1.82) is 5.26 Å². The lowest BCUT2D eigenvalue weighted by molar-refractivity contribution is 0.102. The van der Waals surface area contributed by atoms with Gasteiger partial charge < -0.3 is 9.88 Å². The number of aromatic amines is 1. The second kappa shape index (κ2) is 7.61. The second-order valence-electron chi connectivity index (χ2n) is 6.96. The van der Waals surface area contributed by atoms with Gasteiger partial charge in [0.2, 0.25) is 0 Å². The normalized spacial score (nSPS) is 10.8. The first-order chi connectivity index (χ1) is 15.2. The van der Waals surface area contributed by atoms with Gasteiger partial charge in [-0.25, -0.2) is 4.98 Å². The lowest BCUT2D eigenvalue weighted by Crippen LogP contribution is -2.12. The Bertz CT molecular complexity index is 1420. The molecule has 0 radical (unpaired) electrons. The Balaban J connectivity index is 1.32. The standard InChI is InChI=1S/C22H16N8O/c23-10-15-2-1-3-16(8-15)12-30-13-17(11-25-30)26-22(31)21-19-5-4-18(9-20(19)27-28-21)29-7-6-24-14-29/h1-9,11,13-14H,12H2,(H,26,31)(H,27,28). The monoisotopic (exact) mass is 408 g/mol. The highest BCUT2D eigenvalue weighted by Gasteiger charge is 2.16. The van der Waals surface area contributed by atoms with Crippen molar-refractivity contribution in [2.45, 2.75) is 6.54 Å². The number of nitrogens with one attached hydrogen (secondary N) is 2. The summed E-state index contributed by atoms with van der Waals surface area (Å²) in [6.45, 7) is 0.494. The Kier molecular flexibility index (Phi) is 4.50. The SMILES string of the molecule is N#Cc1cccc(Cn2cc(NC(=O)c3n[nH]c4cc(-n5ccnc5)ccc34)cn2)c1. The molecule has 0 saturated carbocycles. The molecule has 1 amide bonds. The van der Waals surface area contributed by atoms with Gasteiger partial charge in [0.1, 0.15) is 0 Å². The molecular formula is C22H16N8O. The lowest BCUT2D eigenvalue weighted by atomic mass is 10.1. The molecule has 0 spiro atoms. The molecule has 9 heteroatoms. The second-order valence-corrected chi connectivity index (χ2v) is 6.96. The molecule has 3 aromatic heterocycles. The van der Waals surface area contributed by atoms with Crippen LogP contribution in [0.3, 0.4) is 0 Å². The molecule has 31 heavy (non-hydrogen) atoms. The zero-order valence-electron chi connectivity index (χ0n) is 16.2. The molecule has 0 fully saturated rings. The number of carbonyl (C=O) groups excluding carboxylic acids is 1. The first kappa shape index (κ1) is 18.3. The number of fused-ring (bicyclic) bond motifs is 1. The highest BCUT2D eigenvalue weighted by molar-refractivity contribution is 6.11. The number of amides is 1. The summed E-state index contributed by atoms with van der Waals surface area (Å²) in [6.07, 6.45) is 8.58. The third-order valence-electron chi connectivity index (χ3n) is 4.86. The molecule has 3 heterocycles. The molecule has 5 rings (SSSR count). The highest BCUT2D eigenvalue weighted by atomic mass is 16.2. The minimum absolute atomic E-state index is 0.307. The number of H-pyrrole nitrogens is 1. The van der Waals surface area contributed by atoms with E-state index in [1.165, 1.54) is 0 Å². The zero-order valence-corrected chi connectivity index (χ0v) is 16.2. The largest absolute Gasteiger partial charge is 0.318 e. The molecule has 0 atom stereocenters. The van der Waals surface area contributed by atoms with E-state index < -0.39 is 0 Å². The Morgan fingerprint density at radius 2 is 2.16 bits per heavy atom. The smallest absolute Gasteiger partial charge is 0.276 e. The van der Waals surface area contributed by atoms with E-state index in [0.717, 1.165) is 22.2 Å². The quantitative estimate of drug-likeness (QED) is 0.463. The topological polar surface area (TPSA) is 117 Å². The summed E-state index contributed by atoms with van der Waals surface area (Å²) < 4.78 is 3.58. The predicted octanol–water partition coefficient (Wildman–Crippen LogP) is 3.12. The van der Waals surface area contributed by atoms with E-state index in [9.17, 15) is 4.79 Å². The third-order valence-corrected chi connectivity index (χ3v) is 4.86. The number of benzene rings is 2.